The van der Waals surface area contributed by atoms with Crippen LogP contribution in [-0.2, 0) is 38.5 Å². The molecule has 1 aliphatic rings. The van der Waals surface area contributed by atoms with Gasteiger partial charge in [-0.3, -0.25) is 0 Å². The van der Waals surface area contributed by atoms with Crippen molar-refractivity contribution in [3.8, 4) is 0 Å². The van der Waals surface area contributed by atoms with Crippen molar-refractivity contribution in [3.05, 3.63) is 110 Å². The highest BCUT2D eigenvalue weighted by Crippen LogP contribution is 2.46. The highest BCUT2D eigenvalue weighted by molar-refractivity contribution is 7.13. The number of hydrogen-bond donors (Lipinski definition) is 0. The highest BCUT2D eigenvalue weighted by Gasteiger charge is 2.50. The molecule has 0 aromatic heterocycles. The normalized spacial score (nSPS) is 14.6. The number of allylic oxidation sites excluding steroid dienone is 4. The topological polar surface area (TPSA) is 0 Å². The summed E-state index contributed by atoms with van der Waals surface area (Å²) in [5, 5.41) is 4.79. The first-order chi connectivity index (χ1) is 19.2. The van der Waals surface area contributed by atoms with Gasteiger partial charge in [-0.15, -0.1) is 0 Å². The van der Waals surface area contributed by atoms with E-state index in [2.05, 4.69) is 124 Å². The van der Waals surface area contributed by atoms with E-state index in [0.29, 0.717) is 5.54 Å². The van der Waals surface area contributed by atoms with Crippen molar-refractivity contribution in [2.24, 2.45) is 0 Å². The maximum atomic E-state index is 2.61. The Kier molecular flexibility index (Phi) is 9.46. The molecule has 0 atom stereocenters. The van der Waals surface area contributed by atoms with Gasteiger partial charge in [-0.25, -0.2) is 0 Å². The van der Waals surface area contributed by atoms with E-state index >= 15 is 0 Å². The Balaban J connectivity index is 2.31. The minimum absolute atomic E-state index is 0.415. The van der Waals surface area contributed by atoms with Crippen LogP contribution >= 0.6 is 0 Å². The number of aryl methyl sites for hydroxylation is 6. The van der Waals surface area contributed by atoms with E-state index in [4.69, 9.17) is 0 Å². The minimum atomic E-state index is -2.60. The van der Waals surface area contributed by atoms with E-state index in [1.807, 2.05) is 0 Å². The molecule has 4 rings (SSSR count). The third kappa shape index (κ3) is 5.23. The summed E-state index contributed by atoms with van der Waals surface area (Å²) in [4.78, 5) is 0. The second-order valence-corrected chi connectivity index (χ2v) is 16.0. The zero-order valence-corrected chi connectivity index (χ0v) is 28.0. The fourth-order valence-electron chi connectivity index (χ4n) is 7.19. The summed E-state index contributed by atoms with van der Waals surface area (Å²) in [7, 11) is -2.60. The third-order valence-corrected chi connectivity index (χ3v) is 15.3. The summed E-state index contributed by atoms with van der Waals surface area (Å²) in [5.74, 6) is 0. The van der Waals surface area contributed by atoms with E-state index in [-0.39, 0.29) is 0 Å². The molecular formula is C39H52Si. The van der Waals surface area contributed by atoms with Gasteiger partial charge in [-0.1, -0.05) is 107 Å². The van der Waals surface area contributed by atoms with E-state index in [9.17, 15) is 0 Å². The van der Waals surface area contributed by atoms with Crippen molar-refractivity contribution in [1.82, 2.24) is 0 Å². The molecule has 1 heteroatoms. The van der Waals surface area contributed by atoms with Crippen molar-refractivity contribution in [3.63, 3.8) is 0 Å². The average molecular weight is 549 g/mol. The Morgan fingerprint density at radius 2 is 0.625 bits per heavy atom. The lowest BCUT2D eigenvalue weighted by Gasteiger charge is -2.42. The molecule has 0 fully saturated rings. The number of benzene rings is 3. The molecule has 0 aliphatic heterocycles. The van der Waals surface area contributed by atoms with Crippen LogP contribution in [-0.4, -0.2) is 8.07 Å². The Labute approximate surface area is 246 Å². The van der Waals surface area contributed by atoms with Gasteiger partial charge in [0.1, 0.15) is 0 Å². The Hall–Kier alpha value is -2.64. The Bertz CT molecular complexity index is 1220. The summed E-state index contributed by atoms with van der Waals surface area (Å²) in [6.07, 6.45) is 6.43. The van der Waals surface area contributed by atoms with E-state index in [1.165, 1.54) is 44.5 Å². The van der Waals surface area contributed by atoms with Crippen LogP contribution in [0.2, 0.25) is 5.54 Å². The molecule has 0 N–H and O–H groups in total. The van der Waals surface area contributed by atoms with Gasteiger partial charge < -0.3 is 0 Å². The fourth-order valence-corrected chi connectivity index (χ4v) is 13.4. The molecule has 0 heterocycles. The smallest absolute Gasteiger partial charge is 0.0647 e. The zero-order chi connectivity index (χ0) is 29.2. The van der Waals surface area contributed by atoms with Crippen LogP contribution in [0.3, 0.4) is 0 Å². The average Bonchev–Trinajstić information content (AvgIpc) is 3.19. The van der Waals surface area contributed by atoms with Crippen LogP contribution in [0.5, 0.6) is 0 Å². The molecule has 0 radical (unpaired) electrons. The van der Waals surface area contributed by atoms with Gasteiger partial charge in [0.05, 0.1) is 0 Å². The van der Waals surface area contributed by atoms with Crippen LogP contribution < -0.4 is 15.6 Å². The van der Waals surface area contributed by atoms with Crippen molar-refractivity contribution in [2.45, 2.75) is 113 Å². The minimum Gasteiger partial charge on any atom is -0.0647 e. The lowest BCUT2D eigenvalue weighted by molar-refractivity contribution is 1.06. The molecule has 40 heavy (non-hydrogen) atoms. The Morgan fingerprint density at radius 3 is 0.825 bits per heavy atom. The Morgan fingerprint density at radius 1 is 0.400 bits per heavy atom. The van der Waals surface area contributed by atoms with Crippen LogP contribution in [0.25, 0.3) is 0 Å². The third-order valence-electron chi connectivity index (χ3n) is 10.0. The van der Waals surface area contributed by atoms with Crippen LogP contribution in [0.4, 0.5) is 0 Å². The van der Waals surface area contributed by atoms with Gasteiger partial charge in [0.25, 0.3) is 0 Å². The number of rotatable bonds is 10. The zero-order valence-electron chi connectivity index (χ0n) is 27.0. The molecular weight excluding hydrogens is 497 g/mol. The van der Waals surface area contributed by atoms with Gasteiger partial charge >= 0.3 is 0 Å². The molecule has 0 nitrogen and oxygen atoms in total. The maximum absolute atomic E-state index is 2.61. The van der Waals surface area contributed by atoms with Crippen LogP contribution in [0.15, 0.2) is 76.9 Å². The van der Waals surface area contributed by atoms with Crippen molar-refractivity contribution >= 4 is 23.6 Å². The monoisotopic (exact) mass is 548 g/mol. The number of hydrogen-bond acceptors (Lipinski definition) is 0. The maximum Gasteiger partial charge on any atom is 0.159 e. The lowest BCUT2D eigenvalue weighted by atomic mass is 10.1. The molecule has 0 unspecified atom stereocenters. The predicted molar refractivity (Wildman–Crippen MR) is 181 cm³/mol. The lowest BCUT2D eigenvalue weighted by Crippen LogP contribution is -2.70. The summed E-state index contributed by atoms with van der Waals surface area (Å²) in [6.45, 7) is 23.6. The van der Waals surface area contributed by atoms with Crippen molar-refractivity contribution < 1.29 is 0 Å². The van der Waals surface area contributed by atoms with Crippen LogP contribution in [0, 0.1) is 0 Å². The van der Waals surface area contributed by atoms with Gasteiger partial charge in [0.15, 0.2) is 8.07 Å². The van der Waals surface area contributed by atoms with E-state index in [0.717, 1.165) is 38.5 Å². The first-order valence-corrected chi connectivity index (χ1v) is 18.0. The van der Waals surface area contributed by atoms with Crippen molar-refractivity contribution in [2.75, 3.05) is 0 Å². The van der Waals surface area contributed by atoms with Gasteiger partial charge in [-0.2, -0.15) is 0 Å². The first kappa shape index (κ1) is 30.3. The molecule has 0 saturated carbocycles. The van der Waals surface area contributed by atoms with Gasteiger partial charge in [0, 0.05) is 5.54 Å². The largest absolute Gasteiger partial charge is 0.159 e. The predicted octanol–water partition coefficient (Wildman–Crippen LogP) is 8.59. The molecule has 212 valence electrons. The van der Waals surface area contributed by atoms with Gasteiger partial charge in [-0.05, 0) is 126 Å². The SMILES string of the molecule is CCc1cc(CC)cc([Si](c2cc(CC)cc(CC)c2)(c2cc(CC)cc(CC)c2)C2C(C)=C(C)C(C)=C2C)c1. The molecule has 0 amide bonds. The highest BCUT2D eigenvalue weighted by atomic mass is 28.3. The summed E-state index contributed by atoms with van der Waals surface area (Å²) >= 11 is 0. The summed E-state index contributed by atoms with van der Waals surface area (Å²) in [6, 6.07) is 23.1. The molecule has 0 bridgehead atoms. The second kappa shape index (κ2) is 12.5. The quantitative estimate of drug-likeness (QED) is 0.176. The van der Waals surface area contributed by atoms with Crippen molar-refractivity contribution in [1.29, 1.82) is 0 Å². The van der Waals surface area contributed by atoms with Gasteiger partial charge in [0.2, 0.25) is 0 Å². The molecule has 0 saturated heterocycles. The molecule has 3 aromatic carbocycles. The summed E-state index contributed by atoms with van der Waals surface area (Å²) in [5.41, 5.74) is 15.5. The van der Waals surface area contributed by atoms with E-state index in [1.54, 1.807) is 26.7 Å². The van der Waals surface area contributed by atoms with Crippen LogP contribution in [0.1, 0.15) is 103 Å². The van der Waals surface area contributed by atoms with E-state index < -0.39 is 8.07 Å². The second-order valence-electron chi connectivity index (χ2n) is 12.1. The molecule has 3 aromatic rings. The summed E-state index contributed by atoms with van der Waals surface area (Å²) < 4.78 is 0. The fraction of sp³-hybridized carbons (Fsp3) is 0.436. The standard InChI is InChI=1S/C39H52Si/c1-11-30-17-31(12-2)21-36(20-30)40(39-28(9)26(7)27(8)29(39)10,37-22-32(13-3)18-33(14-4)23-37)38-24-34(15-5)19-35(16-6)25-38/h17-25,39H,11-16H2,1-10H3. The molecule has 1 aliphatic carbocycles. The molecule has 0 spiro atoms. The first-order valence-electron chi connectivity index (χ1n) is 15.9.